The summed E-state index contributed by atoms with van der Waals surface area (Å²) in [5.41, 5.74) is 3.73. The fraction of sp³-hybridized carbons (Fsp3) is 0.300. The van der Waals surface area contributed by atoms with Gasteiger partial charge in [0.15, 0.2) is 11.5 Å². The normalized spacial score (nSPS) is 11.2. The summed E-state index contributed by atoms with van der Waals surface area (Å²) < 4.78 is 10.7. The van der Waals surface area contributed by atoms with E-state index in [9.17, 15) is 0 Å². The molecule has 1 heterocycles. The second-order valence-corrected chi connectivity index (χ2v) is 5.89. The molecule has 0 aliphatic heterocycles. The number of hydrogen-bond acceptors (Lipinski definition) is 3. The van der Waals surface area contributed by atoms with Crippen LogP contribution in [0.25, 0.3) is 10.9 Å². The van der Waals surface area contributed by atoms with Gasteiger partial charge < -0.3 is 14.5 Å². The average Bonchev–Trinajstić information content (AvgIpc) is 3.08. The zero-order valence-electron chi connectivity index (χ0n) is 14.5. The monoisotopic (exact) mass is 324 g/mol. The number of nitrogens with one attached hydrogen (secondary N) is 1. The van der Waals surface area contributed by atoms with Crippen LogP contribution >= 0.6 is 0 Å². The molecule has 2 aromatic carbocycles. The van der Waals surface area contributed by atoms with Gasteiger partial charge in [-0.1, -0.05) is 19.1 Å². The Morgan fingerprint density at radius 3 is 2.29 bits per heavy atom. The minimum absolute atomic E-state index is 0.766. The van der Waals surface area contributed by atoms with E-state index in [2.05, 4.69) is 53.2 Å². The smallest absolute Gasteiger partial charge is 0.161 e. The molecule has 0 fully saturated rings. The molecule has 1 aromatic heterocycles. The molecule has 1 N–H and O–H groups in total. The summed E-state index contributed by atoms with van der Waals surface area (Å²) in [4.78, 5) is 5.65. The molecule has 4 heteroatoms. The van der Waals surface area contributed by atoms with Crippen LogP contribution in [0.5, 0.6) is 11.5 Å². The fourth-order valence-corrected chi connectivity index (χ4v) is 2.98. The highest BCUT2D eigenvalue weighted by Crippen LogP contribution is 2.28. The number of fused-ring (bicyclic) bond motifs is 1. The highest BCUT2D eigenvalue weighted by molar-refractivity contribution is 5.79. The lowest BCUT2D eigenvalue weighted by molar-refractivity contribution is 0.270. The summed E-state index contributed by atoms with van der Waals surface area (Å²) in [6, 6.07) is 14.8. The number of methoxy groups -OCH3 is 2. The van der Waals surface area contributed by atoms with Crippen molar-refractivity contribution in [2.45, 2.75) is 20.0 Å². The Kier molecular flexibility index (Phi) is 5.06. The molecular formula is C20H24N2O2. The Labute approximate surface area is 143 Å². The van der Waals surface area contributed by atoms with E-state index < -0.39 is 0 Å². The van der Waals surface area contributed by atoms with Gasteiger partial charge in [-0.2, -0.15) is 0 Å². The van der Waals surface area contributed by atoms with Gasteiger partial charge in [-0.3, -0.25) is 4.90 Å². The molecule has 4 nitrogen and oxygen atoms in total. The molecule has 0 aliphatic carbocycles. The van der Waals surface area contributed by atoms with Gasteiger partial charge in [0, 0.05) is 24.8 Å². The van der Waals surface area contributed by atoms with Crippen LogP contribution in [0.15, 0.2) is 48.7 Å². The lowest BCUT2D eigenvalue weighted by Gasteiger charge is -2.21. The van der Waals surface area contributed by atoms with Gasteiger partial charge in [-0.15, -0.1) is 0 Å². The molecule has 0 spiro atoms. The Hall–Kier alpha value is -2.46. The number of aromatic nitrogens is 1. The minimum atomic E-state index is 0.766. The van der Waals surface area contributed by atoms with Crippen LogP contribution in [-0.2, 0) is 13.1 Å². The molecular weight excluding hydrogens is 300 g/mol. The Bertz CT molecular complexity index is 810. The molecule has 126 valence electrons. The molecule has 0 unspecified atom stereocenters. The van der Waals surface area contributed by atoms with Crippen molar-refractivity contribution in [3.05, 3.63) is 59.8 Å². The molecule has 0 saturated heterocycles. The van der Waals surface area contributed by atoms with Crippen molar-refractivity contribution in [3.63, 3.8) is 0 Å². The molecule has 0 saturated carbocycles. The Balaban J connectivity index is 1.74. The summed E-state index contributed by atoms with van der Waals surface area (Å²) in [7, 11) is 3.33. The van der Waals surface area contributed by atoms with Crippen LogP contribution < -0.4 is 9.47 Å². The van der Waals surface area contributed by atoms with Crippen molar-refractivity contribution < 1.29 is 9.47 Å². The van der Waals surface area contributed by atoms with Gasteiger partial charge in [0.1, 0.15) is 0 Å². The molecule has 0 amide bonds. The molecule has 24 heavy (non-hydrogen) atoms. The topological polar surface area (TPSA) is 37.5 Å². The van der Waals surface area contributed by atoms with Crippen LogP contribution in [0.2, 0.25) is 0 Å². The first-order valence-corrected chi connectivity index (χ1v) is 8.22. The number of H-pyrrole nitrogens is 1. The average molecular weight is 324 g/mol. The number of rotatable bonds is 7. The number of ether oxygens (including phenoxy) is 2. The SMILES string of the molecule is CCN(Cc1ccc(OC)c(OC)c1)Cc1ccc2[nH]ccc2c1. The number of hydrogen-bond donors (Lipinski definition) is 1. The quantitative estimate of drug-likeness (QED) is 0.707. The highest BCUT2D eigenvalue weighted by atomic mass is 16.5. The van der Waals surface area contributed by atoms with E-state index in [1.54, 1.807) is 14.2 Å². The predicted molar refractivity (Wildman–Crippen MR) is 97.6 cm³/mol. The van der Waals surface area contributed by atoms with Crippen LogP contribution in [0.4, 0.5) is 0 Å². The summed E-state index contributed by atoms with van der Waals surface area (Å²) >= 11 is 0. The second kappa shape index (κ2) is 7.41. The van der Waals surface area contributed by atoms with Crippen molar-refractivity contribution in [1.82, 2.24) is 9.88 Å². The van der Waals surface area contributed by atoms with Crippen LogP contribution in [0.3, 0.4) is 0 Å². The maximum atomic E-state index is 5.40. The van der Waals surface area contributed by atoms with E-state index in [1.807, 2.05) is 12.3 Å². The van der Waals surface area contributed by atoms with Gasteiger partial charge in [0.2, 0.25) is 0 Å². The maximum Gasteiger partial charge on any atom is 0.161 e. The summed E-state index contributed by atoms with van der Waals surface area (Å²) in [5, 5.41) is 1.26. The molecule has 3 aromatic rings. The lowest BCUT2D eigenvalue weighted by Crippen LogP contribution is -2.22. The van der Waals surface area contributed by atoms with Crippen molar-refractivity contribution in [1.29, 1.82) is 0 Å². The lowest BCUT2D eigenvalue weighted by atomic mass is 10.1. The van der Waals surface area contributed by atoms with Crippen molar-refractivity contribution >= 4 is 10.9 Å². The molecule has 3 rings (SSSR count). The zero-order valence-corrected chi connectivity index (χ0v) is 14.5. The first kappa shape index (κ1) is 16.4. The van der Waals surface area contributed by atoms with Gasteiger partial charge in [0.05, 0.1) is 14.2 Å². The predicted octanol–water partition coefficient (Wildman–Crippen LogP) is 4.21. The first-order valence-electron chi connectivity index (χ1n) is 8.22. The largest absolute Gasteiger partial charge is 0.493 e. The van der Waals surface area contributed by atoms with E-state index >= 15 is 0 Å². The third-order valence-electron chi connectivity index (χ3n) is 4.33. The maximum absolute atomic E-state index is 5.40. The standard InChI is InChI=1S/C20H24N2O2/c1-4-22(13-15-5-7-18-17(11-15)9-10-21-18)14-16-6-8-19(23-2)20(12-16)24-3/h5-12,21H,4,13-14H2,1-3H3. The number of benzene rings is 2. The van der Waals surface area contributed by atoms with Crippen LogP contribution in [0.1, 0.15) is 18.1 Å². The summed E-state index contributed by atoms with van der Waals surface area (Å²) in [6.45, 7) is 4.98. The highest BCUT2D eigenvalue weighted by Gasteiger charge is 2.09. The summed E-state index contributed by atoms with van der Waals surface area (Å²) in [6.07, 6.45) is 1.98. The van der Waals surface area contributed by atoms with E-state index in [0.29, 0.717) is 0 Å². The summed E-state index contributed by atoms with van der Waals surface area (Å²) in [5.74, 6) is 1.54. The molecule has 0 aliphatic rings. The van der Waals surface area contributed by atoms with Crippen molar-refractivity contribution in [3.8, 4) is 11.5 Å². The second-order valence-electron chi connectivity index (χ2n) is 5.89. The van der Waals surface area contributed by atoms with Crippen molar-refractivity contribution in [2.24, 2.45) is 0 Å². The van der Waals surface area contributed by atoms with E-state index in [1.165, 1.54) is 22.0 Å². The van der Waals surface area contributed by atoms with E-state index in [0.717, 1.165) is 31.1 Å². The Morgan fingerprint density at radius 2 is 1.58 bits per heavy atom. The molecule has 0 radical (unpaired) electrons. The number of aromatic amines is 1. The van der Waals surface area contributed by atoms with Gasteiger partial charge in [-0.25, -0.2) is 0 Å². The molecule has 0 atom stereocenters. The fourth-order valence-electron chi connectivity index (χ4n) is 2.98. The van der Waals surface area contributed by atoms with Gasteiger partial charge in [-0.05, 0) is 53.4 Å². The zero-order chi connectivity index (χ0) is 16.9. The van der Waals surface area contributed by atoms with Crippen LogP contribution in [-0.4, -0.2) is 30.6 Å². The minimum Gasteiger partial charge on any atom is -0.493 e. The first-order chi connectivity index (χ1) is 11.7. The molecule has 0 bridgehead atoms. The van der Waals surface area contributed by atoms with Crippen LogP contribution in [0, 0.1) is 0 Å². The van der Waals surface area contributed by atoms with Gasteiger partial charge in [0.25, 0.3) is 0 Å². The van der Waals surface area contributed by atoms with E-state index in [-0.39, 0.29) is 0 Å². The van der Waals surface area contributed by atoms with Gasteiger partial charge >= 0.3 is 0 Å². The Morgan fingerprint density at radius 1 is 0.875 bits per heavy atom. The number of nitrogens with zero attached hydrogens (tertiary/aromatic N) is 1. The van der Waals surface area contributed by atoms with Crippen molar-refractivity contribution in [2.75, 3.05) is 20.8 Å². The third kappa shape index (κ3) is 3.54. The van der Waals surface area contributed by atoms with E-state index in [4.69, 9.17) is 9.47 Å². The third-order valence-corrected chi connectivity index (χ3v) is 4.33.